The predicted molar refractivity (Wildman–Crippen MR) is 89.9 cm³/mol. The maximum atomic E-state index is 11.9. The first-order valence-corrected chi connectivity index (χ1v) is 7.85. The Labute approximate surface area is 136 Å². The highest BCUT2D eigenvalue weighted by atomic mass is 35.5. The molecule has 0 fully saturated rings. The highest BCUT2D eigenvalue weighted by molar-refractivity contribution is 7.22. The van der Waals surface area contributed by atoms with Gasteiger partial charge >= 0.3 is 0 Å². The standard InChI is InChI=1S/C16H13ClN2O2S/c1-10-5-6-13-14(7-10)22-16(18-13)19-15(20)9-21-12-4-2-3-11(17)8-12/h2-8H,9H2,1H3,(H,18,19,20). The first kappa shape index (κ1) is 14.8. The van der Waals surface area contributed by atoms with Gasteiger partial charge in [-0.15, -0.1) is 0 Å². The molecule has 0 saturated carbocycles. The molecule has 1 heterocycles. The second-order valence-electron chi connectivity index (χ2n) is 4.78. The molecule has 22 heavy (non-hydrogen) atoms. The van der Waals surface area contributed by atoms with E-state index in [2.05, 4.69) is 10.3 Å². The molecule has 1 amide bonds. The Morgan fingerprint density at radius 3 is 3.00 bits per heavy atom. The number of hydrogen-bond donors (Lipinski definition) is 1. The number of benzene rings is 2. The third-order valence-corrected chi connectivity index (χ3v) is 4.13. The summed E-state index contributed by atoms with van der Waals surface area (Å²) in [5.74, 6) is 0.304. The van der Waals surface area contributed by atoms with Gasteiger partial charge in [-0.25, -0.2) is 4.98 Å². The minimum Gasteiger partial charge on any atom is -0.484 e. The van der Waals surface area contributed by atoms with E-state index in [9.17, 15) is 4.79 Å². The van der Waals surface area contributed by atoms with Crippen molar-refractivity contribution in [3.05, 3.63) is 53.1 Å². The van der Waals surface area contributed by atoms with Crippen molar-refractivity contribution < 1.29 is 9.53 Å². The zero-order valence-electron chi connectivity index (χ0n) is 11.8. The fraction of sp³-hybridized carbons (Fsp3) is 0.125. The van der Waals surface area contributed by atoms with Crippen molar-refractivity contribution in [2.45, 2.75) is 6.92 Å². The van der Waals surface area contributed by atoms with Gasteiger partial charge in [0.15, 0.2) is 11.7 Å². The summed E-state index contributed by atoms with van der Waals surface area (Å²) < 4.78 is 6.44. The number of hydrogen-bond acceptors (Lipinski definition) is 4. The number of aromatic nitrogens is 1. The smallest absolute Gasteiger partial charge is 0.264 e. The number of amides is 1. The normalized spacial score (nSPS) is 10.6. The molecule has 2 aromatic carbocycles. The van der Waals surface area contributed by atoms with E-state index in [1.165, 1.54) is 16.9 Å². The summed E-state index contributed by atoms with van der Waals surface area (Å²) in [6, 6.07) is 12.9. The third-order valence-electron chi connectivity index (χ3n) is 2.96. The van der Waals surface area contributed by atoms with Gasteiger partial charge in [-0.05, 0) is 42.8 Å². The van der Waals surface area contributed by atoms with Gasteiger partial charge in [0, 0.05) is 5.02 Å². The van der Waals surface area contributed by atoms with Crippen LogP contribution in [0.1, 0.15) is 5.56 Å². The van der Waals surface area contributed by atoms with E-state index < -0.39 is 0 Å². The van der Waals surface area contributed by atoms with Crippen molar-refractivity contribution in [3.8, 4) is 5.75 Å². The molecule has 0 bridgehead atoms. The number of nitrogens with one attached hydrogen (secondary N) is 1. The molecule has 0 atom stereocenters. The molecule has 112 valence electrons. The molecule has 3 aromatic rings. The summed E-state index contributed by atoms with van der Waals surface area (Å²) in [6.45, 7) is 1.94. The molecule has 0 saturated heterocycles. The molecular weight excluding hydrogens is 320 g/mol. The van der Waals surface area contributed by atoms with Gasteiger partial charge in [-0.1, -0.05) is 35.1 Å². The summed E-state index contributed by atoms with van der Waals surface area (Å²) in [7, 11) is 0. The van der Waals surface area contributed by atoms with Crippen LogP contribution in [-0.2, 0) is 4.79 Å². The van der Waals surface area contributed by atoms with E-state index in [4.69, 9.17) is 16.3 Å². The predicted octanol–water partition coefficient (Wildman–Crippen LogP) is 4.28. The largest absolute Gasteiger partial charge is 0.484 e. The van der Waals surface area contributed by atoms with Gasteiger partial charge < -0.3 is 4.74 Å². The SMILES string of the molecule is Cc1ccc2nc(NC(=O)COc3cccc(Cl)c3)sc2c1. The number of halogens is 1. The molecule has 1 N–H and O–H groups in total. The Balaban J connectivity index is 1.63. The average Bonchev–Trinajstić information content (AvgIpc) is 2.86. The Morgan fingerprint density at radius 2 is 2.18 bits per heavy atom. The second kappa shape index (κ2) is 6.34. The minimum absolute atomic E-state index is 0.0880. The van der Waals surface area contributed by atoms with Crippen LogP contribution < -0.4 is 10.1 Å². The van der Waals surface area contributed by atoms with Gasteiger partial charge in [0.2, 0.25) is 0 Å². The quantitative estimate of drug-likeness (QED) is 0.776. The molecule has 0 spiro atoms. The molecule has 1 aromatic heterocycles. The van der Waals surface area contributed by atoms with Crippen molar-refractivity contribution in [3.63, 3.8) is 0 Å². The highest BCUT2D eigenvalue weighted by Crippen LogP contribution is 2.26. The summed E-state index contributed by atoms with van der Waals surface area (Å²) in [5, 5.41) is 3.88. The zero-order valence-corrected chi connectivity index (χ0v) is 13.4. The van der Waals surface area contributed by atoms with Crippen LogP contribution in [0.3, 0.4) is 0 Å². The van der Waals surface area contributed by atoms with Crippen LogP contribution in [0.25, 0.3) is 10.2 Å². The summed E-state index contributed by atoms with van der Waals surface area (Å²) in [4.78, 5) is 16.3. The lowest BCUT2D eigenvalue weighted by Crippen LogP contribution is -2.19. The lowest BCUT2D eigenvalue weighted by atomic mass is 10.2. The molecule has 0 aliphatic rings. The van der Waals surface area contributed by atoms with Crippen LogP contribution in [0.4, 0.5) is 5.13 Å². The lowest BCUT2D eigenvalue weighted by Gasteiger charge is -2.05. The van der Waals surface area contributed by atoms with E-state index in [0.717, 1.165) is 10.2 Å². The first-order chi connectivity index (χ1) is 10.6. The van der Waals surface area contributed by atoms with Crippen molar-refractivity contribution in [2.75, 3.05) is 11.9 Å². The Morgan fingerprint density at radius 1 is 1.32 bits per heavy atom. The van der Waals surface area contributed by atoms with Crippen LogP contribution in [0.2, 0.25) is 5.02 Å². The second-order valence-corrected chi connectivity index (χ2v) is 6.25. The van der Waals surface area contributed by atoms with E-state index in [-0.39, 0.29) is 12.5 Å². The van der Waals surface area contributed by atoms with E-state index >= 15 is 0 Å². The van der Waals surface area contributed by atoms with Crippen LogP contribution in [0.15, 0.2) is 42.5 Å². The fourth-order valence-corrected chi connectivity index (χ4v) is 3.11. The molecule has 6 heteroatoms. The van der Waals surface area contributed by atoms with Gasteiger partial charge in [-0.2, -0.15) is 0 Å². The topological polar surface area (TPSA) is 51.2 Å². The summed E-state index contributed by atoms with van der Waals surface area (Å²) >= 11 is 7.30. The number of rotatable bonds is 4. The number of aryl methyl sites for hydroxylation is 1. The maximum Gasteiger partial charge on any atom is 0.264 e. The van der Waals surface area contributed by atoms with Gasteiger partial charge in [0.1, 0.15) is 5.75 Å². The molecule has 3 rings (SSSR count). The van der Waals surface area contributed by atoms with Gasteiger partial charge in [0.25, 0.3) is 5.91 Å². The van der Waals surface area contributed by atoms with E-state index in [1.807, 2.05) is 25.1 Å². The fourth-order valence-electron chi connectivity index (χ4n) is 1.95. The van der Waals surface area contributed by atoms with Crippen molar-refractivity contribution in [1.29, 1.82) is 0 Å². The number of thiazole rings is 1. The van der Waals surface area contributed by atoms with Crippen molar-refractivity contribution >= 4 is 44.2 Å². The van der Waals surface area contributed by atoms with Crippen LogP contribution in [0.5, 0.6) is 5.75 Å². The molecule has 0 aliphatic heterocycles. The maximum absolute atomic E-state index is 11.9. The van der Waals surface area contributed by atoms with Crippen LogP contribution >= 0.6 is 22.9 Å². The van der Waals surface area contributed by atoms with Gasteiger partial charge in [0.05, 0.1) is 10.2 Å². The first-order valence-electron chi connectivity index (χ1n) is 6.65. The molecule has 4 nitrogen and oxygen atoms in total. The molecule has 0 aliphatic carbocycles. The number of nitrogens with zero attached hydrogens (tertiary/aromatic N) is 1. The van der Waals surface area contributed by atoms with Gasteiger partial charge in [-0.3, -0.25) is 10.1 Å². The van der Waals surface area contributed by atoms with E-state index in [1.54, 1.807) is 24.3 Å². The average molecular weight is 333 g/mol. The zero-order chi connectivity index (χ0) is 15.5. The number of carbonyl (C=O) groups excluding carboxylic acids is 1. The monoisotopic (exact) mass is 332 g/mol. The van der Waals surface area contributed by atoms with Crippen molar-refractivity contribution in [2.24, 2.45) is 0 Å². The lowest BCUT2D eigenvalue weighted by molar-refractivity contribution is -0.118. The summed E-state index contributed by atoms with van der Waals surface area (Å²) in [6.07, 6.45) is 0. The van der Waals surface area contributed by atoms with E-state index in [0.29, 0.717) is 15.9 Å². The van der Waals surface area contributed by atoms with Crippen LogP contribution in [0, 0.1) is 6.92 Å². The minimum atomic E-state index is -0.254. The molecule has 0 radical (unpaired) electrons. The number of ether oxygens (including phenoxy) is 1. The highest BCUT2D eigenvalue weighted by Gasteiger charge is 2.09. The molecular formula is C16H13ClN2O2S. The van der Waals surface area contributed by atoms with Crippen LogP contribution in [-0.4, -0.2) is 17.5 Å². The number of fused-ring (bicyclic) bond motifs is 1. The summed E-state index contributed by atoms with van der Waals surface area (Å²) in [5.41, 5.74) is 2.04. The number of anilines is 1. The molecule has 0 unspecified atom stereocenters. The van der Waals surface area contributed by atoms with Crippen molar-refractivity contribution in [1.82, 2.24) is 4.98 Å². The Bertz CT molecular complexity index is 832. The Hall–Kier alpha value is -2.11. The Kier molecular flexibility index (Phi) is 4.27. The number of carbonyl (C=O) groups is 1. The third kappa shape index (κ3) is 3.55.